The van der Waals surface area contributed by atoms with Gasteiger partial charge in [-0.05, 0) is 25.5 Å². The van der Waals surface area contributed by atoms with E-state index >= 15 is 0 Å². The Bertz CT molecular complexity index is 652. The maximum atomic E-state index is 13.6. The fourth-order valence-electron chi connectivity index (χ4n) is 2.08. The lowest BCUT2D eigenvalue weighted by atomic mass is 10.1. The van der Waals surface area contributed by atoms with Gasteiger partial charge in [0.1, 0.15) is 11.6 Å². The number of aromatic nitrogens is 2. The molecule has 0 aliphatic heterocycles. The average molecular weight is 320 g/mol. The van der Waals surface area contributed by atoms with Gasteiger partial charge in [0.05, 0.1) is 6.04 Å². The largest absolute Gasteiger partial charge is 0.354 e. The first-order valence-corrected chi connectivity index (χ1v) is 7.31. The number of nitrogens with one attached hydrogen (secondary N) is 2. The second kappa shape index (κ2) is 8.17. The molecule has 1 aromatic heterocycles. The number of amides is 1. The molecule has 0 aliphatic carbocycles. The minimum Gasteiger partial charge on any atom is -0.354 e. The average Bonchev–Trinajstić information content (AvgIpc) is 2.52. The lowest BCUT2D eigenvalue weighted by Gasteiger charge is -2.15. The van der Waals surface area contributed by atoms with Gasteiger partial charge < -0.3 is 10.6 Å². The van der Waals surface area contributed by atoms with Crippen molar-refractivity contribution in [2.75, 3.05) is 11.9 Å². The van der Waals surface area contributed by atoms with Gasteiger partial charge in [-0.15, -0.1) is 0 Å². The molecule has 1 aromatic carbocycles. The molecule has 0 unspecified atom stereocenters. The van der Waals surface area contributed by atoms with Gasteiger partial charge in [-0.1, -0.05) is 6.07 Å². The van der Waals surface area contributed by atoms with E-state index < -0.39 is 17.7 Å². The third kappa shape index (κ3) is 5.28. The number of anilines is 1. The van der Waals surface area contributed by atoms with Gasteiger partial charge in [-0.2, -0.15) is 0 Å². The summed E-state index contributed by atoms with van der Waals surface area (Å²) in [5, 5.41) is 5.69. The molecule has 0 aliphatic rings. The number of hydrogen-bond acceptors (Lipinski definition) is 4. The molecule has 0 fully saturated rings. The molecule has 1 heterocycles. The summed E-state index contributed by atoms with van der Waals surface area (Å²) in [5.41, 5.74) is 0.260. The summed E-state index contributed by atoms with van der Waals surface area (Å²) in [7, 11) is 0. The molecule has 0 spiro atoms. The van der Waals surface area contributed by atoms with Crippen LogP contribution in [0.3, 0.4) is 0 Å². The number of halogens is 2. The molecule has 5 nitrogen and oxygen atoms in total. The molecule has 2 N–H and O–H groups in total. The quantitative estimate of drug-likeness (QED) is 0.770. The highest BCUT2D eigenvalue weighted by atomic mass is 19.1. The molecule has 7 heteroatoms. The Balaban J connectivity index is 1.74. The monoisotopic (exact) mass is 320 g/mol. The summed E-state index contributed by atoms with van der Waals surface area (Å²) in [5.74, 6) is -0.994. The maximum absolute atomic E-state index is 13.6. The molecule has 0 saturated heterocycles. The molecule has 0 radical (unpaired) electrons. The molecule has 2 aromatic rings. The van der Waals surface area contributed by atoms with Crippen LogP contribution in [-0.4, -0.2) is 22.4 Å². The number of rotatable bonds is 7. The zero-order chi connectivity index (χ0) is 16.7. The van der Waals surface area contributed by atoms with E-state index in [0.717, 1.165) is 6.07 Å². The van der Waals surface area contributed by atoms with E-state index in [9.17, 15) is 13.6 Å². The fourth-order valence-corrected chi connectivity index (χ4v) is 2.08. The Morgan fingerprint density at radius 1 is 1.26 bits per heavy atom. The Morgan fingerprint density at radius 2 is 2.00 bits per heavy atom. The van der Waals surface area contributed by atoms with Gasteiger partial charge in [0.2, 0.25) is 11.9 Å². The number of carbonyl (C=O) groups excluding carboxylic acids is 1. The van der Waals surface area contributed by atoms with Crippen molar-refractivity contribution >= 4 is 11.9 Å². The third-order valence-electron chi connectivity index (χ3n) is 3.24. The van der Waals surface area contributed by atoms with Crippen LogP contribution in [0.4, 0.5) is 14.7 Å². The van der Waals surface area contributed by atoms with Crippen molar-refractivity contribution in [3.8, 4) is 0 Å². The van der Waals surface area contributed by atoms with E-state index in [2.05, 4.69) is 20.6 Å². The minimum atomic E-state index is -0.666. The van der Waals surface area contributed by atoms with Crippen molar-refractivity contribution < 1.29 is 13.6 Å². The number of benzene rings is 1. The summed E-state index contributed by atoms with van der Waals surface area (Å²) < 4.78 is 26.5. The van der Waals surface area contributed by atoms with Crippen LogP contribution in [0.25, 0.3) is 0 Å². The first-order valence-electron chi connectivity index (χ1n) is 7.31. The SMILES string of the molecule is C[C@H](NC(=O)CCCNc1ncccn1)c1ccc(F)cc1F. The zero-order valence-electron chi connectivity index (χ0n) is 12.7. The Labute approximate surface area is 133 Å². The van der Waals surface area contributed by atoms with Crippen LogP contribution >= 0.6 is 0 Å². The Morgan fingerprint density at radius 3 is 2.70 bits per heavy atom. The first-order chi connectivity index (χ1) is 11.1. The van der Waals surface area contributed by atoms with Gasteiger partial charge in [0.25, 0.3) is 0 Å². The van der Waals surface area contributed by atoms with E-state index in [-0.39, 0.29) is 17.9 Å². The third-order valence-corrected chi connectivity index (χ3v) is 3.24. The van der Waals surface area contributed by atoms with Crippen molar-refractivity contribution in [2.45, 2.75) is 25.8 Å². The molecular formula is C16H18F2N4O. The topological polar surface area (TPSA) is 66.9 Å². The number of nitrogens with zero attached hydrogens (tertiary/aromatic N) is 2. The van der Waals surface area contributed by atoms with Gasteiger partial charge in [-0.25, -0.2) is 18.7 Å². The number of carbonyl (C=O) groups is 1. The molecule has 122 valence electrons. The van der Waals surface area contributed by atoms with E-state index in [1.54, 1.807) is 25.4 Å². The van der Waals surface area contributed by atoms with Crippen LogP contribution < -0.4 is 10.6 Å². The molecular weight excluding hydrogens is 302 g/mol. The molecule has 23 heavy (non-hydrogen) atoms. The van der Waals surface area contributed by atoms with Crippen molar-refractivity contribution in [3.63, 3.8) is 0 Å². The molecule has 1 atom stereocenters. The summed E-state index contributed by atoms with van der Waals surface area (Å²) in [6, 6.07) is 4.51. The highest BCUT2D eigenvalue weighted by molar-refractivity contribution is 5.76. The van der Waals surface area contributed by atoms with Crippen LogP contribution in [0.5, 0.6) is 0 Å². The first kappa shape index (κ1) is 16.8. The lowest BCUT2D eigenvalue weighted by molar-refractivity contribution is -0.121. The van der Waals surface area contributed by atoms with Crippen LogP contribution in [0.2, 0.25) is 0 Å². The van der Waals surface area contributed by atoms with Crippen LogP contribution in [-0.2, 0) is 4.79 Å². The van der Waals surface area contributed by atoms with Gasteiger partial charge in [-0.3, -0.25) is 4.79 Å². The highest BCUT2D eigenvalue weighted by Crippen LogP contribution is 2.17. The molecule has 2 rings (SSSR count). The van der Waals surface area contributed by atoms with E-state index in [4.69, 9.17) is 0 Å². The van der Waals surface area contributed by atoms with Gasteiger partial charge in [0.15, 0.2) is 0 Å². The van der Waals surface area contributed by atoms with E-state index in [1.807, 2.05) is 0 Å². The molecule has 0 saturated carbocycles. The Kier molecular flexibility index (Phi) is 5.96. The smallest absolute Gasteiger partial charge is 0.222 e. The van der Waals surface area contributed by atoms with Crippen molar-refractivity contribution in [1.82, 2.24) is 15.3 Å². The van der Waals surface area contributed by atoms with Crippen molar-refractivity contribution in [1.29, 1.82) is 0 Å². The van der Waals surface area contributed by atoms with Crippen molar-refractivity contribution in [3.05, 3.63) is 53.9 Å². The van der Waals surface area contributed by atoms with E-state index in [1.165, 1.54) is 12.1 Å². The normalized spacial score (nSPS) is 11.8. The minimum absolute atomic E-state index is 0.197. The van der Waals surface area contributed by atoms with Crippen LogP contribution in [0.1, 0.15) is 31.4 Å². The van der Waals surface area contributed by atoms with Crippen LogP contribution in [0.15, 0.2) is 36.7 Å². The molecule has 0 bridgehead atoms. The standard InChI is InChI=1S/C16H18F2N4O/c1-11(13-6-5-12(17)10-14(13)18)22-15(23)4-2-7-19-16-20-8-3-9-21-16/h3,5-6,8-11H,2,4,7H2,1H3,(H,22,23)(H,19,20,21)/t11-/m0/s1. The summed E-state index contributed by atoms with van der Waals surface area (Å²) in [6.45, 7) is 2.21. The predicted octanol–water partition coefficient (Wildman–Crippen LogP) is 2.82. The highest BCUT2D eigenvalue weighted by Gasteiger charge is 2.14. The summed E-state index contributed by atoms with van der Waals surface area (Å²) >= 11 is 0. The van der Waals surface area contributed by atoms with E-state index in [0.29, 0.717) is 18.9 Å². The predicted molar refractivity (Wildman–Crippen MR) is 82.7 cm³/mol. The summed E-state index contributed by atoms with van der Waals surface area (Å²) in [6.07, 6.45) is 4.12. The second-order valence-electron chi connectivity index (χ2n) is 5.06. The van der Waals surface area contributed by atoms with Gasteiger partial charge >= 0.3 is 0 Å². The fraction of sp³-hybridized carbons (Fsp3) is 0.312. The zero-order valence-corrected chi connectivity index (χ0v) is 12.7. The summed E-state index contributed by atoms with van der Waals surface area (Å²) in [4.78, 5) is 19.9. The van der Waals surface area contributed by atoms with Gasteiger partial charge in [0, 0.05) is 37.0 Å². The van der Waals surface area contributed by atoms with Crippen molar-refractivity contribution in [2.24, 2.45) is 0 Å². The second-order valence-corrected chi connectivity index (χ2v) is 5.06. The number of hydrogen-bond donors (Lipinski definition) is 2. The molecule has 1 amide bonds. The van der Waals surface area contributed by atoms with Crippen LogP contribution in [0, 0.1) is 11.6 Å². The lowest BCUT2D eigenvalue weighted by Crippen LogP contribution is -2.27. The maximum Gasteiger partial charge on any atom is 0.222 e. The Hall–Kier alpha value is -2.57.